The molecule has 0 radical (unpaired) electrons. The third kappa shape index (κ3) is 11.3. The van der Waals surface area contributed by atoms with Crippen molar-refractivity contribution >= 4 is 36.8 Å². The molecule has 0 heterocycles. The van der Waals surface area contributed by atoms with E-state index in [0.29, 0.717) is 0 Å². The first-order valence-corrected chi connectivity index (χ1v) is 11.8. The third-order valence-electron chi connectivity index (χ3n) is 5.46. The molecule has 0 spiro atoms. The maximum absolute atomic E-state index is 13.1. The predicted molar refractivity (Wildman–Crippen MR) is 134 cm³/mol. The second-order valence-corrected chi connectivity index (χ2v) is 8.87. The molecule has 5 amide bonds. The van der Waals surface area contributed by atoms with Crippen molar-refractivity contribution in [3.8, 4) is 0 Å². The van der Waals surface area contributed by atoms with Crippen molar-refractivity contribution in [2.75, 3.05) is 7.11 Å². The number of methoxy groups -OCH3 is 1. The number of amides is 5. The molecule has 0 aliphatic carbocycles. The van der Waals surface area contributed by atoms with Crippen LogP contribution in [0, 0.1) is 5.92 Å². The highest BCUT2D eigenvalue weighted by Crippen LogP contribution is 2.08. The third-order valence-corrected chi connectivity index (χ3v) is 5.46. The molecule has 3 unspecified atom stereocenters. The molecule has 0 saturated heterocycles. The summed E-state index contributed by atoms with van der Waals surface area (Å²) in [5.41, 5.74) is 5.80. The van der Waals surface area contributed by atoms with Crippen LogP contribution in [0.3, 0.4) is 0 Å². The Kier molecular flexibility index (Phi) is 13.1. The molecule has 14 heteroatoms. The summed E-state index contributed by atoms with van der Waals surface area (Å²) in [5, 5.41) is 28.9. The standard InChI is InChI=1S/C23H36BN5O8/c1-13(2)19(29-23(34)37-4)22(33)27-16(12-15-8-6-5-7-9-15)21(32)26-14(3)20(31)28-17(24(35)36)10-11-18(25)30/h5-9,13-14,16-17,19,35-36H,10-12H2,1-4H3,(H2,25,30)(H,26,32)(H,27,33)(H,28,31)(H,29,34)/t14-,16?,17?,19?/m0/s1. The van der Waals surface area contributed by atoms with Crippen molar-refractivity contribution in [3.05, 3.63) is 35.9 Å². The average Bonchev–Trinajstić information content (AvgIpc) is 2.84. The molecule has 0 fully saturated rings. The number of carbonyl (C=O) groups is 5. The SMILES string of the molecule is COC(=O)NC(C(=O)NC(Cc1ccccc1)C(=O)N[C@@H](C)C(=O)NC(CCC(N)=O)B(O)O)C(C)C. The summed E-state index contributed by atoms with van der Waals surface area (Å²) in [6.07, 6.45) is -1.02. The van der Waals surface area contributed by atoms with Crippen molar-refractivity contribution in [2.24, 2.45) is 11.7 Å². The van der Waals surface area contributed by atoms with Gasteiger partial charge < -0.3 is 41.8 Å². The fourth-order valence-corrected chi connectivity index (χ4v) is 3.32. The van der Waals surface area contributed by atoms with Crippen LogP contribution in [0.5, 0.6) is 0 Å². The van der Waals surface area contributed by atoms with Crippen LogP contribution in [0.1, 0.15) is 39.2 Å². The highest BCUT2D eigenvalue weighted by molar-refractivity contribution is 6.43. The van der Waals surface area contributed by atoms with Gasteiger partial charge in [0, 0.05) is 12.8 Å². The minimum absolute atomic E-state index is 0.0897. The van der Waals surface area contributed by atoms with E-state index in [9.17, 15) is 34.0 Å². The van der Waals surface area contributed by atoms with Gasteiger partial charge in [0.1, 0.15) is 18.1 Å². The second kappa shape index (κ2) is 15.5. The summed E-state index contributed by atoms with van der Waals surface area (Å²) in [6, 6.07) is 5.63. The minimum Gasteiger partial charge on any atom is -0.453 e. The monoisotopic (exact) mass is 521 g/mol. The fraction of sp³-hybridized carbons (Fsp3) is 0.522. The van der Waals surface area contributed by atoms with Crippen molar-refractivity contribution in [1.29, 1.82) is 0 Å². The number of carbonyl (C=O) groups excluding carboxylic acids is 5. The topological polar surface area (TPSA) is 209 Å². The molecular formula is C23H36BN5O8. The van der Waals surface area contributed by atoms with Crippen LogP contribution in [-0.2, 0) is 30.3 Å². The minimum atomic E-state index is -1.95. The number of primary amides is 1. The van der Waals surface area contributed by atoms with E-state index >= 15 is 0 Å². The summed E-state index contributed by atoms with van der Waals surface area (Å²) >= 11 is 0. The van der Waals surface area contributed by atoms with Crippen molar-refractivity contribution in [1.82, 2.24) is 21.3 Å². The van der Waals surface area contributed by atoms with E-state index in [1.165, 1.54) is 6.92 Å². The molecule has 1 rings (SSSR count). The van der Waals surface area contributed by atoms with Crippen LogP contribution in [-0.4, -0.2) is 78.1 Å². The van der Waals surface area contributed by atoms with Crippen molar-refractivity contribution in [3.63, 3.8) is 0 Å². The lowest BCUT2D eigenvalue weighted by atomic mass is 9.76. The Hall–Kier alpha value is -3.65. The van der Waals surface area contributed by atoms with Crippen LogP contribution in [0.2, 0.25) is 0 Å². The molecule has 37 heavy (non-hydrogen) atoms. The molecule has 0 bridgehead atoms. The number of ether oxygens (including phenoxy) is 1. The number of hydrogen-bond acceptors (Lipinski definition) is 8. The Bertz CT molecular complexity index is 931. The van der Waals surface area contributed by atoms with E-state index in [1.807, 2.05) is 0 Å². The summed E-state index contributed by atoms with van der Waals surface area (Å²) in [4.78, 5) is 61.4. The lowest BCUT2D eigenvalue weighted by molar-refractivity contribution is -0.132. The predicted octanol–water partition coefficient (Wildman–Crippen LogP) is -1.64. The van der Waals surface area contributed by atoms with Gasteiger partial charge in [0.2, 0.25) is 23.6 Å². The molecule has 1 aromatic carbocycles. The zero-order chi connectivity index (χ0) is 28.1. The summed E-state index contributed by atoms with van der Waals surface area (Å²) in [6.45, 7) is 4.80. The number of alkyl carbamates (subject to hydrolysis) is 1. The first-order chi connectivity index (χ1) is 17.3. The Balaban J connectivity index is 2.99. The summed E-state index contributed by atoms with van der Waals surface area (Å²) in [5.74, 6) is -4.24. The zero-order valence-electron chi connectivity index (χ0n) is 21.4. The van der Waals surface area contributed by atoms with Gasteiger partial charge in [-0.15, -0.1) is 0 Å². The van der Waals surface area contributed by atoms with E-state index in [2.05, 4.69) is 26.0 Å². The van der Waals surface area contributed by atoms with Gasteiger partial charge in [-0.25, -0.2) is 4.79 Å². The first-order valence-electron chi connectivity index (χ1n) is 11.8. The van der Waals surface area contributed by atoms with Crippen LogP contribution in [0.25, 0.3) is 0 Å². The molecule has 13 nitrogen and oxygen atoms in total. The van der Waals surface area contributed by atoms with E-state index in [4.69, 9.17) is 5.73 Å². The molecular weight excluding hydrogens is 485 g/mol. The van der Waals surface area contributed by atoms with E-state index in [-0.39, 0.29) is 25.2 Å². The molecule has 0 aromatic heterocycles. The Morgan fingerprint density at radius 3 is 2.05 bits per heavy atom. The Labute approximate surface area is 216 Å². The van der Waals surface area contributed by atoms with E-state index in [0.717, 1.165) is 12.7 Å². The number of rotatable bonds is 14. The van der Waals surface area contributed by atoms with Gasteiger partial charge in [-0.05, 0) is 24.8 Å². The highest BCUT2D eigenvalue weighted by atomic mass is 16.5. The summed E-state index contributed by atoms with van der Waals surface area (Å²) < 4.78 is 4.57. The lowest BCUT2D eigenvalue weighted by Gasteiger charge is -2.26. The highest BCUT2D eigenvalue weighted by Gasteiger charge is 2.32. The summed E-state index contributed by atoms with van der Waals surface area (Å²) in [7, 11) is -0.789. The molecule has 8 N–H and O–H groups in total. The molecule has 204 valence electrons. The molecule has 0 aliphatic rings. The zero-order valence-corrected chi connectivity index (χ0v) is 21.4. The number of nitrogens with one attached hydrogen (secondary N) is 4. The smallest absolute Gasteiger partial charge is 0.453 e. The maximum atomic E-state index is 13.1. The first kappa shape index (κ1) is 31.4. The van der Waals surface area contributed by atoms with Crippen LogP contribution >= 0.6 is 0 Å². The second-order valence-electron chi connectivity index (χ2n) is 8.87. The van der Waals surface area contributed by atoms with Crippen LogP contribution < -0.4 is 27.0 Å². The van der Waals surface area contributed by atoms with Crippen molar-refractivity contribution < 1.29 is 38.8 Å². The van der Waals surface area contributed by atoms with Crippen LogP contribution in [0.15, 0.2) is 30.3 Å². The molecule has 4 atom stereocenters. The normalized spacial score (nSPS) is 13.9. The van der Waals surface area contributed by atoms with Gasteiger partial charge in [-0.3, -0.25) is 19.2 Å². The number of nitrogens with two attached hydrogens (primary N) is 1. The van der Waals surface area contributed by atoms with E-state index < -0.39 is 60.9 Å². The Morgan fingerprint density at radius 1 is 0.919 bits per heavy atom. The van der Waals surface area contributed by atoms with Gasteiger partial charge in [0.05, 0.1) is 13.1 Å². The molecule has 0 aliphatic heterocycles. The van der Waals surface area contributed by atoms with Crippen LogP contribution in [0.4, 0.5) is 4.79 Å². The fourth-order valence-electron chi connectivity index (χ4n) is 3.32. The van der Waals surface area contributed by atoms with Gasteiger partial charge >= 0.3 is 13.2 Å². The number of benzene rings is 1. The molecule has 1 aromatic rings. The molecule has 0 saturated carbocycles. The lowest BCUT2D eigenvalue weighted by Crippen LogP contribution is -2.58. The van der Waals surface area contributed by atoms with E-state index in [1.54, 1.807) is 44.2 Å². The number of hydrogen-bond donors (Lipinski definition) is 7. The maximum Gasteiger partial charge on any atom is 0.475 e. The van der Waals surface area contributed by atoms with Gasteiger partial charge in [0.25, 0.3) is 0 Å². The van der Waals surface area contributed by atoms with Gasteiger partial charge in [-0.1, -0.05) is 44.2 Å². The van der Waals surface area contributed by atoms with Crippen molar-refractivity contribution in [2.45, 2.75) is 64.1 Å². The quantitative estimate of drug-likeness (QED) is 0.141. The van der Waals surface area contributed by atoms with Gasteiger partial charge in [-0.2, -0.15) is 0 Å². The van der Waals surface area contributed by atoms with Gasteiger partial charge in [0.15, 0.2) is 0 Å². The Morgan fingerprint density at radius 2 is 1.54 bits per heavy atom. The largest absolute Gasteiger partial charge is 0.475 e. The average molecular weight is 521 g/mol.